The van der Waals surface area contributed by atoms with E-state index in [2.05, 4.69) is 0 Å². The summed E-state index contributed by atoms with van der Waals surface area (Å²) in [6.07, 6.45) is -1.09. The lowest BCUT2D eigenvalue weighted by Gasteiger charge is -2.29. The summed E-state index contributed by atoms with van der Waals surface area (Å²) in [5, 5.41) is 10.7. The zero-order valence-corrected chi connectivity index (χ0v) is 17.1. The van der Waals surface area contributed by atoms with Crippen LogP contribution in [0.15, 0.2) is 53.1 Å². The molecule has 30 heavy (non-hydrogen) atoms. The van der Waals surface area contributed by atoms with E-state index in [-0.39, 0.29) is 18.8 Å². The third-order valence-electron chi connectivity index (χ3n) is 4.65. The summed E-state index contributed by atoms with van der Waals surface area (Å²) < 4.78 is 15.9. The largest absolute Gasteiger partial charge is 0.467 e. The van der Waals surface area contributed by atoms with E-state index in [1.165, 1.54) is 12.3 Å². The Labute approximate surface area is 174 Å². The van der Waals surface area contributed by atoms with Gasteiger partial charge in [-0.3, -0.25) is 4.79 Å². The molecule has 160 valence electrons. The molecule has 0 spiro atoms. The van der Waals surface area contributed by atoms with Crippen molar-refractivity contribution in [2.24, 2.45) is 5.92 Å². The molecule has 8 nitrogen and oxygen atoms in total. The molecule has 2 heterocycles. The molecule has 1 saturated heterocycles. The van der Waals surface area contributed by atoms with Gasteiger partial charge in [0.1, 0.15) is 30.1 Å². The second-order valence-electron chi connectivity index (χ2n) is 8.11. The van der Waals surface area contributed by atoms with Crippen LogP contribution in [0.25, 0.3) is 0 Å². The highest BCUT2D eigenvalue weighted by atomic mass is 16.6. The van der Waals surface area contributed by atoms with Gasteiger partial charge in [-0.25, -0.2) is 14.5 Å². The molecule has 3 rings (SSSR count). The Morgan fingerprint density at radius 1 is 1.20 bits per heavy atom. The molecule has 1 aliphatic rings. The summed E-state index contributed by atoms with van der Waals surface area (Å²) in [5.74, 6) is -2.15. The highest BCUT2D eigenvalue weighted by molar-refractivity contribution is 6.00. The summed E-state index contributed by atoms with van der Waals surface area (Å²) in [6.45, 7) is 4.98. The van der Waals surface area contributed by atoms with Crippen molar-refractivity contribution >= 4 is 18.0 Å². The average molecular weight is 415 g/mol. The number of amides is 2. The number of carbonyl (C=O) groups is 3. The van der Waals surface area contributed by atoms with E-state index < -0.39 is 41.6 Å². The normalized spacial score (nSPS) is 20.1. The number of esters is 1. The zero-order valence-electron chi connectivity index (χ0n) is 17.1. The van der Waals surface area contributed by atoms with E-state index in [9.17, 15) is 19.5 Å². The number of ether oxygens (including phenoxy) is 2. The number of benzene rings is 1. The van der Waals surface area contributed by atoms with Crippen LogP contribution in [0.2, 0.25) is 0 Å². The third kappa shape index (κ3) is 4.88. The number of aliphatic hydroxyl groups is 1. The molecule has 1 unspecified atom stereocenters. The minimum Gasteiger partial charge on any atom is -0.467 e. The van der Waals surface area contributed by atoms with Gasteiger partial charge in [-0.2, -0.15) is 0 Å². The minimum absolute atomic E-state index is 0.0596. The zero-order chi connectivity index (χ0) is 21.9. The smallest absolute Gasteiger partial charge is 0.417 e. The van der Waals surface area contributed by atoms with Gasteiger partial charge in [0.2, 0.25) is 5.91 Å². The number of imide groups is 1. The SMILES string of the molecule is CC(C)(C)OC(=O)[C@@H]1[C@H](C(O)c2ccco2)CC(=O)N1C(=O)OCc1ccccc1. The lowest BCUT2D eigenvalue weighted by atomic mass is 9.92. The molecule has 0 radical (unpaired) electrons. The van der Waals surface area contributed by atoms with Gasteiger partial charge in [-0.05, 0) is 38.5 Å². The van der Waals surface area contributed by atoms with Gasteiger partial charge in [0.05, 0.1) is 6.26 Å². The Morgan fingerprint density at radius 2 is 1.90 bits per heavy atom. The first-order chi connectivity index (χ1) is 14.2. The van der Waals surface area contributed by atoms with E-state index in [4.69, 9.17) is 13.9 Å². The lowest BCUT2D eigenvalue weighted by Crippen LogP contribution is -2.48. The van der Waals surface area contributed by atoms with Gasteiger partial charge in [0.15, 0.2) is 0 Å². The monoisotopic (exact) mass is 415 g/mol. The summed E-state index contributed by atoms with van der Waals surface area (Å²) in [7, 11) is 0. The van der Waals surface area contributed by atoms with Gasteiger partial charge in [-0.1, -0.05) is 30.3 Å². The molecule has 1 aromatic heterocycles. The fraction of sp³-hybridized carbons (Fsp3) is 0.409. The van der Waals surface area contributed by atoms with Crippen LogP contribution in [-0.4, -0.2) is 39.6 Å². The molecule has 0 saturated carbocycles. The molecule has 1 aliphatic heterocycles. The summed E-state index contributed by atoms with van der Waals surface area (Å²) in [5.41, 5.74) is -0.110. The maximum absolute atomic E-state index is 12.9. The molecule has 1 fully saturated rings. The van der Waals surface area contributed by atoms with Gasteiger partial charge in [0.25, 0.3) is 0 Å². The first kappa shape index (κ1) is 21.6. The van der Waals surface area contributed by atoms with Crippen molar-refractivity contribution in [3.05, 3.63) is 60.1 Å². The molecule has 0 bridgehead atoms. The minimum atomic E-state index is -1.33. The van der Waals surface area contributed by atoms with Crippen LogP contribution in [0.4, 0.5) is 4.79 Å². The number of hydrogen-bond donors (Lipinski definition) is 1. The van der Waals surface area contributed by atoms with Crippen LogP contribution in [0.5, 0.6) is 0 Å². The fourth-order valence-corrected chi connectivity index (χ4v) is 3.36. The van der Waals surface area contributed by atoms with E-state index in [0.717, 1.165) is 10.5 Å². The molecular weight excluding hydrogens is 390 g/mol. The van der Waals surface area contributed by atoms with E-state index in [1.54, 1.807) is 51.1 Å². The Morgan fingerprint density at radius 3 is 2.50 bits per heavy atom. The number of furan rings is 1. The van der Waals surface area contributed by atoms with Crippen LogP contribution in [-0.2, 0) is 25.7 Å². The Balaban J connectivity index is 1.84. The second-order valence-corrected chi connectivity index (χ2v) is 8.11. The third-order valence-corrected chi connectivity index (χ3v) is 4.65. The van der Waals surface area contributed by atoms with Crippen molar-refractivity contribution in [1.82, 2.24) is 4.90 Å². The van der Waals surface area contributed by atoms with Gasteiger partial charge in [-0.15, -0.1) is 0 Å². The summed E-state index contributed by atoms with van der Waals surface area (Å²) >= 11 is 0. The molecule has 2 amide bonds. The van der Waals surface area contributed by atoms with Crippen LogP contribution >= 0.6 is 0 Å². The van der Waals surface area contributed by atoms with E-state index >= 15 is 0 Å². The molecule has 8 heteroatoms. The van der Waals surface area contributed by atoms with Crippen molar-refractivity contribution in [2.75, 3.05) is 0 Å². The van der Waals surface area contributed by atoms with Crippen molar-refractivity contribution in [3.8, 4) is 0 Å². The van der Waals surface area contributed by atoms with Gasteiger partial charge in [0, 0.05) is 12.3 Å². The molecule has 1 aromatic carbocycles. The van der Waals surface area contributed by atoms with E-state index in [0.29, 0.717) is 0 Å². The van der Waals surface area contributed by atoms with Gasteiger partial charge >= 0.3 is 12.1 Å². The molecule has 3 atom stereocenters. The number of aliphatic hydroxyl groups excluding tert-OH is 1. The number of nitrogens with zero attached hydrogens (tertiary/aromatic N) is 1. The highest BCUT2D eigenvalue weighted by Gasteiger charge is 2.53. The molecule has 0 aliphatic carbocycles. The predicted molar refractivity (Wildman–Crippen MR) is 105 cm³/mol. The molecule has 2 aromatic rings. The first-order valence-corrected chi connectivity index (χ1v) is 9.64. The average Bonchev–Trinajstić information content (AvgIpc) is 3.33. The van der Waals surface area contributed by atoms with Crippen LogP contribution < -0.4 is 0 Å². The Kier molecular flexibility index (Phi) is 6.26. The number of carbonyl (C=O) groups excluding carboxylic acids is 3. The lowest BCUT2D eigenvalue weighted by molar-refractivity contribution is -0.164. The maximum atomic E-state index is 12.9. The molecular formula is C22H25NO7. The van der Waals surface area contributed by atoms with Crippen LogP contribution in [0.1, 0.15) is 44.6 Å². The first-order valence-electron chi connectivity index (χ1n) is 9.64. The number of hydrogen-bond acceptors (Lipinski definition) is 7. The summed E-state index contributed by atoms with van der Waals surface area (Å²) in [4.78, 5) is 39.1. The topological polar surface area (TPSA) is 106 Å². The van der Waals surface area contributed by atoms with Crippen molar-refractivity contribution < 1.29 is 33.4 Å². The van der Waals surface area contributed by atoms with E-state index in [1.807, 2.05) is 6.07 Å². The fourth-order valence-electron chi connectivity index (χ4n) is 3.36. The van der Waals surface area contributed by atoms with Crippen molar-refractivity contribution in [1.29, 1.82) is 0 Å². The Bertz CT molecular complexity index is 886. The standard InChI is InChI=1S/C22H25NO7/c1-22(2,3)30-20(26)18-15(19(25)16-10-7-11-28-16)12-17(24)23(18)21(27)29-13-14-8-5-4-6-9-14/h4-11,15,18-19,25H,12-13H2,1-3H3/t15-,18+,19?/m1/s1. The second kappa shape index (κ2) is 8.71. The van der Waals surface area contributed by atoms with Crippen molar-refractivity contribution in [3.63, 3.8) is 0 Å². The van der Waals surface area contributed by atoms with Gasteiger partial charge < -0.3 is 19.0 Å². The van der Waals surface area contributed by atoms with Crippen LogP contribution in [0, 0.1) is 5.92 Å². The molecule has 1 N–H and O–H groups in total. The summed E-state index contributed by atoms with van der Waals surface area (Å²) in [6, 6.07) is 10.8. The van der Waals surface area contributed by atoms with Crippen LogP contribution in [0.3, 0.4) is 0 Å². The predicted octanol–water partition coefficient (Wildman–Crippen LogP) is 3.21. The highest BCUT2D eigenvalue weighted by Crippen LogP contribution is 2.37. The van der Waals surface area contributed by atoms with Crippen molar-refractivity contribution in [2.45, 2.75) is 51.5 Å². The quantitative estimate of drug-likeness (QED) is 0.747. The number of likely N-dealkylation sites (tertiary alicyclic amines) is 1. The maximum Gasteiger partial charge on any atom is 0.417 e. The number of rotatable bonds is 5. The Hall–Kier alpha value is -3.13.